The second kappa shape index (κ2) is 9.42. The molecule has 9 heteroatoms. The fraction of sp³-hybridized carbons (Fsp3) is 0.269. The van der Waals surface area contributed by atoms with Crippen molar-refractivity contribution in [2.45, 2.75) is 26.3 Å². The molecule has 5 rings (SSSR count). The highest BCUT2D eigenvalue weighted by molar-refractivity contribution is 7.07. The van der Waals surface area contributed by atoms with E-state index in [1.165, 1.54) is 18.4 Å². The van der Waals surface area contributed by atoms with Gasteiger partial charge in [-0.3, -0.25) is 9.36 Å². The van der Waals surface area contributed by atoms with Gasteiger partial charge in [-0.2, -0.15) is 0 Å². The molecule has 35 heavy (non-hydrogen) atoms. The van der Waals surface area contributed by atoms with E-state index in [0.717, 1.165) is 12.0 Å². The number of esters is 1. The topological polar surface area (TPSA) is 88.4 Å². The third kappa shape index (κ3) is 4.12. The highest BCUT2D eigenvalue weighted by Gasteiger charge is 2.34. The van der Waals surface area contributed by atoms with Gasteiger partial charge in [0.25, 0.3) is 5.56 Å². The van der Waals surface area contributed by atoms with Gasteiger partial charge in [0.05, 0.1) is 29.5 Å². The summed E-state index contributed by atoms with van der Waals surface area (Å²) in [6.45, 7) is 4.46. The average Bonchev–Trinajstić information content (AvgIpc) is 3.45. The molecule has 2 aromatic carbocycles. The maximum atomic E-state index is 13.7. The summed E-state index contributed by atoms with van der Waals surface area (Å²) in [5.74, 6) is 1.38. The van der Waals surface area contributed by atoms with Crippen LogP contribution in [-0.4, -0.2) is 31.0 Å². The van der Waals surface area contributed by atoms with Crippen LogP contribution in [0.25, 0.3) is 6.08 Å². The zero-order chi connectivity index (χ0) is 24.5. The van der Waals surface area contributed by atoms with Gasteiger partial charge in [-0.15, -0.1) is 0 Å². The number of methoxy groups -OCH3 is 1. The van der Waals surface area contributed by atoms with Crippen LogP contribution in [0.15, 0.2) is 63.5 Å². The summed E-state index contributed by atoms with van der Waals surface area (Å²) in [6, 6.07) is 12.2. The second-order valence-electron chi connectivity index (χ2n) is 8.07. The van der Waals surface area contributed by atoms with Crippen LogP contribution in [0.3, 0.4) is 0 Å². The fourth-order valence-corrected chi connectivity index (χ4v) is 5.24. The van der Waals surface area contributed by atoms with Crippen molar-refractivity contribution in [3.05, 3.63) is 84.5 Å². The Balaban J connectivity index is 1.70. The first kappa shape index (κ1) is 22.9. The van der Waals surface area contributed by atoms with E-state index in [1.807, 2.05) is 49.4 Å². The molecule has 3 aromatic rings. The molecular formula is C26H24N2O6S. The van der Waals surface area contributed by atoms with Crippen LogP contribution in [0.2, 0.25) is 0 Å². The molecule has 180 valence electrons. The van der Waals surface area contributed by atoms with Gasteiger partial charge in [-0.25, -0.2) is 9.79 Å². The predicted octanol–water partition coefficient (Wildman–Crippen LogP) is 2.93. The molecule has 1 atom stereocenters. The van der Waals surface area contributed by atoms with Crippen LogP contribution in [0.4, 0.5) is 0 Å². The molecule has 1 unspecified atom stereocenters. The molecular weight excluding hydrogens is 468 g/mol. The molecule has 0 fully saturated rings. The van der Waals surface area contributed by atoms with Crippen molar-refractivity contribution in [3.8, 4) is 17.2 Å². The fourth-order valence-electron chi connectivity index (χ4n) is 4.19. The summed E-state index contributed by atoms with van der Waals surface area (Å²) >= 11 is 1.27. The monoisotopic (exact) mass is 492 g/mol. The second-order valence-corrected chi connectivity index (χ2v) is 9.08. The van der Waals surface area contributed by atoms with E-state index >= 15 is 0 Å². The van der Waals surface area contributed by atoms with Gasteiger partial charge in [-0.1, -0.05) is 42.5 Å². The third-order valence-corrected chi connectivity index (χ3v) is 6.78. The molecule has 2 aliphatic heterocycles. The number of thiazole rings is 1. The van der Waals surface area contributed by atoms with E-state index in [4.69, 9.17) is 18.9 Å². The van der Waals surface area contributed by atoms with Crippen molar-refractivity contribution in [1.82, 2.24) is 4.57 Å². The van der Waals surface area contributed by atoms with Gasteiger partial charge in [0.15, 0.2) is 16.3 Å². The van der Waals surface area contributed by atoms with E-state index in [2.05, 4.69) is 4.99 Å². The first-order valence-corrected chi connectivity index (χ1v) is 12.1. The zero-order valence-electron chi connectivity index (χ0n) is 19.6. The maximum Gasteiger partial charge on any atom is 0.338 e. The smallest absolute Gasteiger partial charge is 0.338 e. The quantitative estimate of drug-likeness (QED) is 0.492. The number of carbonyl (C=O) groups is 1. The van der Waals surface area contributed by atoms with Crippen molar-refractivity contribution in [2.75, 3.05) is 20.5 Å². The van der Waals surface area contributed by atoms with Crippen molar-refractivity contribution in [1.29, 1.82) is 0 Å². The molecule has 0 saturated carbocycles. The van der Waals surface area contributed by atoms with Crippen LogP contribution >= 0.6 is 11.3 Å². The van der Waals surface area contributed by atoms with Crippen molar-refractivity contribution in [3.63, 3.8) is 0 Å². The molecule has 0 amide bonds. The molecule has 0 aliphatic carbocycles. The molecule has 1 aromatic heterocycles. The molecule has 0 N–H and O–H groups in total. The molecule has 0 spiro atoms. The summed E-state index contributed by atoms with van der Waals surface area (Å²) in [7, 11) is 1.32. The highest BCUT2D eigenvalue weighted by atomic mass is 32.1. The largest absolute Gasteiger partial charge is 0.493 e. The third-order valence-electron chi connectivity index (χ3n) is 5.80. The molecule has 0 radical (unpaired) electrons. The molecule has 0 bridgehead atoms. The minimum absolute atomic E-state index is 0.177. The Morgan fingerprint density at radius 1 is 1.23 bits per heavy atom. The minimum atomic E-state index is -0.731. The van der Waals surface area contributed by atoms with E-state index in [0.29, 0.717) is 50.0 Å². The van der Waals surface area contributed by atoms with E-state index < -0.39 is 12.0 Å². The van der Waals surface area contributed by atoms with Gasteiger partial charge >= 0.3 is 5.97 Å². The number of aromatic nitrogens is 1. The van der Waals surface area contributed by atoms with Crippen LogP contribution in [0, 0.1) is 0 Å². The first-order chi connectivity index (χ1) is 17.0. The lowest BCUT2D eigenvalue weighted by Gasteiger charge is -2.26. The molecule has 0 saturated heterocycles. The van der Waals surface area contributed by atoms with Gasteiger partial charge < -0.3 is 18.9 Å². The lowest BCUT2D eigenvalue weighted by atomic mass is 9.95. The SMILES string of the molecule is CCCOc1ccccc1C1C(C(=O)OC)=C(C)N=c2sc(=Cc3ccc4c(c3)OCO4)c(=O)n21. The molecule has 3 heterocycles. The summed E-state index contributed by atoms with van der Waals surface area (Å²) in [4.78, 5) is 31.7. The number of hydrogen-bond acceptors (Lipinski definition) is 8. The first-order valence-electron chi connectivity index (χ1n) is 11.2. The number of hydrogen-bond donors (Lipinski definition) is 0. The van der Waals surface area contributed by atoms with Crippen molar-refractivity contribution < 1.29 is 23.7 Å². The van der Waals surface area contributed by atoms with Crippen LogP contribution < -0.4 is 29.1 Å². The Hall–Kier alpha value is -3.85. The zero-order valence-corrected chi connectivity index (χ0v) is 20.4. The van der Waals surface area contributed by atoms with Gasteiger partial charge in [-0.05, 0) is 43.2 Å². The van der Waals surface area contributed by atoms with E-state index in [-0.39, 0.29) is 12.4 Å². The Morgan fingerprint density at radius 2 is 2.03 bits per heavy atom. The van der Waals surface area contributed by atoms with Crippen molar-refractivity contribution >= 4 is 23.4 Å². The Morgan fingerprint density at radius 3 is 2.83 bits per heavy atom. The Labute approximate surface area is 205 Å². The normalized spacial score (nSPS) is 16.7. The van der Waals surface area contributed by atoms with Crippen LogP contribution in [0.1, 0.15) is 37.4 Å². The summed E-state index contributed by atoms with van der Waals surface area (Å²) < 4.78 is 24.0. The van der Waals surface area contributed by atoms with Gasteiger partial charge in [0.2, 0.25) is 6.79 Å². The van der Waals surface area contributed by atoms with E-state index in [9.17, 15) is 9.59 Å². The van der Waals surface area contributed by atoms with Crippen LogP contribution in [0.5, 0.6) is 17.2 Å². The maximum absolute atomic E-state index is 13.7. The number of benzene rings is 2. The van der Waals surface area contributed by atoms with Gasteiger partial charge in [0, 0.05) is 5.56 Å². The van der Waals surface area contributed by atoms with Crippen molar-refractivity contribution in [2.24, 2.45) is 4.99 Å². The minimum Gasteiger partial charge on any atom is -0.493 e. The van der Waals surface area contributed by atoms with Crippen LogP contribution in [-0.2, 0) is 9.53 Å². The summed E-state index contributed by atoms with van der Waals surface area (Å²) in [5.41, 5.74) is 2.05. The summed E-state index contributed by atoms with van der Waals surface area (Å²) in [5, 5.41) is 0. The summed E-state index contributed by atoms with van der Waals surface area (Å²) in [6.07, 6.45) is 2.62. The number of rotatable bonds is 6. The Bertz CT molecular complexity index is 1520. The number of carbonyl (C=O) groups excluding carboxylic acids is 1. The van der Waals surface area contributed by atoms with Gasteiger partial charge in [0.1, 0.15) is 11.8 Å². The predicted molar refractivity (Wildman–Crippen MR) is 131 cm³/mol. The Kier molecular flexibility index (Phi) is 6.17. The number of ether oxygens (including phenoxy) is 4. The molecule has 2 aliphatic rings. The molecule has 8 nitrogen and oxygen atoms in total. The number of allylic oxidation sites excluding steroid dienone is 1. The number of fused-ring (bicyclic) bond motifs is 2. The highest BCUT2D eigenvalue weighted by Crippen LogP contribution is 2.36. The number of nitrogens with zero attached hydrogens (tertiary/aromatic N) is 2. The lowest BCUT2D eigenvalue weighted by Crippen LogP contribution is -2.40. The average molecular weight is 493 g/mol. The standard InChI is InChI=1S/C26H24N2O6S/c1-4-11-32-18-8-6-5-7-17(18)23-22(25(30)31-3)15(2)27-26-28(23)24(29)21(35-26)13-16-9-10-19-20(12-16)34-14-33-19/h5-10,12-13,23H,4,11,14H2,1-3H3. The number of para-hydroxylation sites is 1. The van der Waals surface area contributed by atoms with E-state index in [1.54, 1.807) is 17.6 Å². The lowest BCUT2D eigenvalue weighted by molar-refractivity contribution is -0.136.